The Morgan fingerprint density at radius 1 is 0.792 bits per heavy atom. The molecule has 3 heteroatoms. The molecule has 0 N–H and O–H groups in total. The summed E-state index contributed by atoms with van der Waals surface area (Å²) >= 11 is -2.24. The van der Waals surface area contributed by atoms with Crippen LogP contribution in [0.2, 0.25) is 13.3 Å². The van der Waals surface area contributed by atoms with Gasteiger partial charge in [0.15, 0.2) is 0 Å². The Bertz CT molecular complexity index is 317. The standard InChI is InChI=1S/C9H15O2.3C4H9.Sn/c1-3-5-6-7-8-9(10)11-4-2;3*1-3-4-2;/h1,4-8H2,2H3;3*1,3-4H2,2H3;. The summed E-state index contributed by atoms with van der Waals surface area (Å²) in [6, 6.07) is 0. The van der Waals surface area contributed by atoms with Crippen LogP contribution >= 0.6 is 0 Å². The summed E-state index contributed by atoms with van der Waals surface area (Å²) in [7, 11) is 0. The van der Waals surface area contributed by atoms with Crippen LogP contribution in [0.4, 0.5) is 0 Å². The van der Waals surface area contributed by atoms with Crippen molar-refractivity contribution in [2.24, 2.45) is 0 Å². The zero-order valence-corrected chi connectivity index (χ0v) is 19.8. The van der Waals surface area contributed by atoms with Crippen LogP contribution in [0.15, 0.2) is 10.2 Å². The molecule has 0 heterocycles. The first kappa shape index (κ1) is 24.0. The summed E-state index contributed by atoms with van der Waals surface area (Å²) in [5.41, 5.74) is 0. The van der Waals surface area contributed by atoms with Gasteiger partial charge in [-0.3, -0.25) is 0 Å². The van der Waals surface area contributed by atoms with Crippen molar-refractivity contribution >= 4 is 24.3 Å². The van der Waals surface area contributed by atoms with Gasteiger partial charge in [0.25, 0.3) is 0 Å². The van der Waals surface area contributed by atoms with Gasteiger partial charge in [0, 0.05) is 0 Å². The number of rotatable bonds is 16. The quantitative estimate of drug-likeness (QED) is 0.145. The van der Waals surface area contributed by atoms with Crippen molar-refractivity contribution in [3.8, 4) is 0 Å². The predicted molar refractivity (Wildman–Crippen MR) is 109 cm³/mol. The second-order valence-electron chi connectivity index (χ2n) is 7.21. The van der Waals surface area contributed by atoms with E-state index in [1.54, 1.807) is 3.59 Å². The van der Waals surface area contributed by atoms with Crippen LogP contribution in [0, 0.1) is 0 Å². The van der Waals surface area contributed by atoms with Crippen LogP contribution in [0.3, 0.4) is 0 Å². The monoisotopic (exact) mass is 446 g/mol. The Kier molecular flexibility index (Phi) is 15.3. The molecular weight excluding hydrogens is 403 g/mol. The molecule has 0 aliphatic heterocycles. The van der Waals surface area contributed by atoms with E-state index >= 15 is 0 Å². The van der Waals surface area contributed by atoms with Gasteiger partial charge in [0.05, 0.1) is 0 Å². The van der Waals surface area contributed by atoms with Crippen molar-refractivity contribution in [1.29, 1.82) is 0 Å². The minimum absolute atomic E-state index is 0.0409. The summed E-state index contributed by atoms with van der Waals surface area (Å²) in [4.78, 5) is 11.5. The van der Waals surface area contributed by atoms with Gasteiger partial charge in [0.1, 0.15) is 0 Å². The van der Waals surface area contributed by atoms with Crippen LogP contribution in [0.1, 0.15) is 91.9 Å². The molecule has 0 aromatic rings. The number of unbranched alkanes of at least 4 members (excludes halogenated alkanes) is 4. The van der Waals surface area contributed by atoms with Gasteiger partial charge in [-0.05, 0) is 0 Å². The van der Waals surface area contributed by atoms with Crippen LogP contribution < -0.4 is 0 Å². The Hall–Kier alpha value is 0.00870. The Balaban J connectivity index is 4.64. The number of ether oxygens (including phenoxy) is 1. The summed E-state index contributed by atoms with van der Waals surface area (Å²) < 4.78 is 11.2. The molecule has 0 saturated carbocycles. The van der Waals surface area contributed by atoms with Crippen molar-refractivity contribution in [2.75, 3.05) is 6.61 Å². The number of allylic oxidation sites excluding steroid dienone is 1. The third kappa shape index (κ3) is 10.1. The molecule has 0 saturated heterocycles. The minimum atomic E-state index is -2.24. The second kappa shape index (κ2) is 15.3. The fourth-order valence-electron chi connectivity index (χ4n) is 3.56. The molecular formula is C21H42O2Sn. The molecule has 2 nitrogen and oxygen atoms in total. The molecule has 24 heavy (non-hydrogen) atoms. The molecule has 0 atom stereocenters. The molecule has 142 valence electrons. The molecule has 0 aliphatic rings. The van der Waals surface area contributed by atoms with Crippen molar-refractivity contribution in [1.82, 2.24) is 0 Å². The van der Waals surface area contributed by atoms with Gasteiger partial charge in [-0.15, -0.1) is 0 Å². The van der Waals surface area contributed by atoms with Gasteiger partial charge in [-0.1, -0.05) is 0 Å². The molecule has 0 aromatic carbocycles. The van der Waals surface area contributed by atoms with Crippen molar-refractivity contribution in [3.63, 3.8) is 0 Å². The first-order valence-corrected chi connectivity index (χ1v) is 17.9. The number of esters is 1. The topological polar surface area (TPSA) is 26.3 Å². The average molecular weight is 445 g/mol. The zero-order chi connectivity index (χ0) is 18.3. The molecule has 0 bridgehead atoms. The summed E-state index contributed by atoms with van der Waals surface area (Å²) in [6.07, 6.45) is 11.9. The van der Waals surface area contributed by atoms with Gasteiger partial charge in [0.2, 0.25) is 0 Å². The Morgan fingerprint density at radius 3 is 1.67 bits per heavy atom. The van der Waals surface area contributed by atoms with Crippen LogP contribution in [0.25, 0.3) is 0 Å². The molecule has 0 fully saturated rings. The van der Waals surface area contributed by atoms with E-state index in [1.165, 1.54) is 51.8 Å². The first-order valence-electron chi connectivity index (χ1n) is 10.4. The van der Waals surface area contributed by atoms with E-state index in [9.17, 15) is 4.79 Å². The number of carbonyl (C=O) groups is 1. The predicted octanol–water partition coefficient (Wildman–Crippen LogP) is 7.05. The SMILES string of the molecule is C=[C](CCCCC(=O)OCC)[Sn]([CH2]CCC)([CH2]CCC)[CH2]CCC. The Labute approximate surface area is 155 Å². The number of hydrogen-bond acceptors (Lipinski definition) is 2. The molecule has 0 aromatic heterocycles. The van der Waals surface area contributed by atoms with Crippen LogP contribution in [-0.4, -0.2) is 31.0 Å². The molecule has 0 aliphatic carbocycles. The second-order valence-corrected chi connectivity index (χ2v) is 20.8. The van der Waals surface area contributed by atoms with Gasteiger partial charge in [-0.2, -0.15) is 0 Å². The van der Waals surface area contributed by atoms with Gasteiger partial charge < -0.3 is 0 Å². The first-order chi connectivity index (χ1) is 11.6. The van der Waals surface area contributed by atoms with E-state index in [-0.39, 0.29) is 5.97 Å². The number of carbonyl (C=O) groups excluding carboxylic acids is 1. The van der Waals surface area contributed by atoms with E-state index in [1.807, 2.05) is 6.92 Å². The van der Waals surface area contributed by atoms with E-state index in [2.05, 4.69) is 27.4 Å². The van der Waals surface area contributed by atoms with Crippen molar-refractivity contribution < 1.29 is 9.53 Å². The van der Waals surface area contributed by atoms with E-state index < -0.39 is 18.4 Å². The van der Waals surface area contributed by atoms with Gasteiger partial charge >= 0.3 is 156 Å². The van der Waals surface area contributed by atoms with Crippen molar-refractivity contribution in [2.45, 2.75) is 105 Å². The number of hydrogen-bond donors (Lipinski definition) is 0. The molecule has 0 radical (unpaired) electrons. The zero-order valence-electron chi connectivity index (χ0n) is 16.9. The molecule has 0 spiro atoms. The fraction of sp³-hybridized carbons (Fsp3) is 0.857. The van der Waals surface area contributed by atoms with Gasteiger partial charge in [-0.25, -0.2) is 0 Å². The summed E-state index contributed by atoms with van der Waals surface area (Å²) in [6.45, 7) is 13.9. The van der Waals surface area contributed by atoms with Crippen LogP contribution in [-0.2, 0) is 9.53 Å². The van der Waals surface area contributed by atoms with Crippen LogP contribution in [0.5, 0.6) is 0 Å². The maximum absolute atomic E-state index is 11.5. The third-order valence-corrected chi connectivity index (χ3v) is 21.4. The average Bonchev–Trinajstić information content (AvgIpc) is 2.58. The van der Waals surface area contributed by atoms with E-state index in [4.69, 9.17) is 4.74 Å². The summed E-state index contributed by atoms with van der Waals surface area (Å²) in [5, 5.41) is 0. The Morgan fingerprint density at radius 2 is 1.25 bits per heavy atom. The van der Waals surface area contributed by atoms with E-state index in [0.717, 1.165) is 19.3 Å². The molecule has 0 amide bonds. The third-order valence-electron chi connectivity index (χ3n) is 5.19. The molecule has 0 unspecified atom stereocenters. The van der Waals surface area contributed by atoms with Crippen molar-refractivity contribution in [3.05, 3.63) is 10.2 Å². The normalized spacial score (nSPS) is 11.5. The fourth-order valence-corrected chi connectivity index (χ4v) is 19.6. The summed E-state index contributed by atoms with van der Waals surface area (Å²) in [5.74, 6) is -0.0409. The molecule has 0 rings (SSSR count). The maximum atomic E-state index is 11.5. The van der Waals surface area contributed by atoms with E-state index in [0.29, 0.717) is 13.0 Å².